The van der Waals surface area contributed by atoms with Gasteiger partial charge in [-0.05, 0) is 50.7 Å². The van der Waals surface area contributed by atoms with Gasteiger partial charge in [0.2, 0.25) is 0 Å². The van der Waals surface area contributed by atoms with Crippen LogP contribution in [0.15, 0.2) is 42.9 Å². The molecule has 0 radical (unpaired) electrons. The van der Waals surface area contributed by atoms with Crippen molar-refractivity contribution in [2.75, 3.05) is 13.1 Å². The quantitative estimate of drug-likeness (QED) is 0.700. The van der Waals surface area contributed by atoms with E-state index in [2.05, 4.69) is 28.9 Å². The topological polar surface area (TPSA) is 83.9 Å². The van der Waals surface area contributed by atoms with Gasteiger partial charge < -0.3 is 9.88 Å². The molecule has 0 atom stereocenters. The fraction of sp³-hybridized carbons (Fsp3) is 0.417. The third-order valence-electron chi connectivity index (χ3n) is 6.74. The number of nitrogens with zero attached hydrogens (tertiary/aromatic N) is 4. The zero-order valence-corrected chi connectivity index (χ0v) is 18.0. The molecule has 1 N–H and O–H groups in total. The zero-order valence-electron chi connectivity index (χ0n) is 18.0. The van der Waals surface area contributed by atoms with E-state index in [4.69, 9.17) is 0 Å². The molecule has 1 aliphatic carbocycles. The predicted octanol–water partition coefficient (Wildman–Crippen LogP) is 3.91. The molecule has 1 saturated heterocycles. The van der Waals surface area contributed by atoms with Crippen LogP contribution in [0.1, 0.15) is 65.6 Å². The number of piperidine rings is 1. The van der Waals surface area contributed by atoms with Crippen LogP contribution in [-0.4, -0.2) is 49.4 Å². The number of hydrogen-bond acceptors (Lipinski definition) is 4. The van der Waals surface area contributed by atoms with E-state index >= 15 is 0 Å². The summed E-state index contributed by atoms with van der Waals surface area (Å²) in [6.07, 6.45) is 8.49. The number of carbonyl (C=O) groups excluding carboxylic acids is 2. The summed E-state index contributed by atoms with van der Waals surface area (Å²) in [7, 11) is 0. The Kier molecular flexibility index (Phi) is 4.76. The molecular formula is C24H27N5O2. The van der Waals surface area contributed by atoms with Gasteiger partial charge >= 0.3 is 0 Å². The Bertz CT molecular complexity index is 1100. The first kappa shape index (κ1) is 19.7. The summed E-state index contributed by atoms with van der Waals surface area (Å²) in [5.74, 6) is 1.04. The van der Waals surface area contributed by atoms with E-state index in [1.54, 1.807) is 12.4 Å². The molecule has 3 aromatic rings. The first-order valence-electron chi connectivity index (χ1n) is 10.9. The number of amides is 1. The fourth-order valence-corrected chi connectivity index (χ4v) is 5.03. The van der Waals surface area contributed by atoms with E-state index in [1.807, 2.05) is 40.0 Å². The van der Waals surface area contributed by atoms with Gasteiger partial charge in [-0.15, -0.1) is 0 Å². The number of hydrogen-bond donors (Lipinski definition) is 1. The molecule has 160 valence electrons. The molecule has 1 aromatic carbocycles. The Morgan fingerprint density at radius 3 is 2.52 bits per heavy atom. The molecule has 1 spiro atoms. The first-order valence-corrected chi connectivity index (χ1v) is 10.9. The number of aromatic amines is 1. The van der Waals surface area contributed by atoms with Crippen molar-refractivity contribution in [3.8, 4) is 11.4 Å². The molecule has 1 amide bonds. The number of aromatic nitrogens is 4. The Morgan fingerprint density at radius 1 is 1.13 bits per heavy atom. The molecule has 0 unspecified atom stereocenters. The van der Waals surface area contributed by atoms with E-state index in [0.717, 1.165) is 41.9 Å². The van der Waals surface area contributed by atoms with Crippen LogP contribution in [0.2, 0.25) is 0 Å². The first-order chi connectivity index (χ1) is 15.0. The molecular weight excluding hydrogens is 390 g/mol. The van der Waals surface area contributed by atoms with Gasteiger partial charge in [0.15, 0.2) is 5.78 Å². The fourth-order valence-electron chi connectivity index (χ4n) is 5.03. The highest BCUT2D eigenvalue weighted by atomic mass is 16.2. The Morgan fingerprint density at radius 2 is 1.87 bits per heavy atom. The predicted molar refractivity (Wildman–Crippen MR) is 117 cm³/mol. The van der Waals surface area contributed by atoms with Gasteiger partial charge in [-0.3, -0.25) is 14.3 Å². The van der Waals surface area contributed by atoms with Crippen LogP contribution >= 0.6 is 0 Å². The molecule has 31 heavy (non-hydrogen) atoms. The minimum atomic E-state index is -0.0468. The minimum Gasteiger partial charge on any atom is -0.345 e. The number of H-pyrrole nitrogens is 1. The Balaban J connectivity index is 1.27. The van der Waals surface area contributed by atoms with E-state index < -0.39 is 0 Å². The summed E-state index contributed by atoms with van der Waals surface area (Å²) >= 11 is 0. The van der Waals surface area contributed by atoms with E-state index in [9.17, 15) is 9.59 Å². The van der Waals surface area contributed by atoms with Crippen molar-refractivity contribution >= 4 is 11.7 Å². The maximum absolute atomic E-state index is 13.0. The zero-order chi connectivity index (χ0) is 21.6. The third-order valence-corrected chi connectivity index (χ3v) is 6.74. The van der Waals surface area contributed by atoms with Gasteiger partial charge in [-0.2, -0.15) is 5.10 Å². The van der Waals surface area contributed by atoms with Crippen molar-refractivity contribution in [2.45, 2.75) is 45.6 Å². The van der Waals surface area contributed by atoms with Gasteiger partial charge in [0.05, 0.1) is 6.20 Å². The second-order valence-corrected chi connectivity index (χ2v) is 9.14. The lowest BCUT2D eigenvalue weighted by Crippen LogP contribution is -2.46. The maximum Gasteiger partial charge on any atom is 0.253 e. The molecule has 0 bridgehead atoms. The lowest BCUT2D eigenvalue weighted by atomic mass is 9.67. The summed E-state index contributed by atoms with van der Waals surface area (Å²) in [5, 5.41) is 4.46. The van der Waals surface area contributed by atoms with Gasteiger partial charge in [-0.25, -0.2) is 4.98 Å². The van der Waals surface area contributed by atoms with Crippen molar-refractivity contribution < 1.29 is 9.59 Å². The summed E-state index contributed by atoms with van der Waals surface area (Å²) in [5.41, 5.74) is 3.45. The van der Waals surface area contributed by atoms with E-state index in [-0.39, 0.29) is 23.1 Å². The van der Waals surface area contributed by atoms with Gasteiger partial charge in [0.1, 0.15) is 11.5 Å². The van der Waals surface area contributed by atoms with Gasteiger partial charge in [0, 0.05) is 54.6 Å². The monoisotopic (exact) mass is 417 g/mol. The van der Waals surface area contributed by atoms with Gasteiger partial charge in [-0.1, -0.05) is 12.1 Å². The standard InChI is InChI=1S/C24H27N5O2/c1-16(2)29-21-19(15-27-29)13-24(14-20(21)30)7-11-28(12-8-24)23(31)18-5-3-17(4-6-18)22-25-9-10-26-22/h3-6,9-10,15-16H,7-8,11-14H2,1-2H3,(H,25,26). The van der Waals surface area contributed by atoms with Crippen molar-refractivity contribution in [3.05, 3.63) is 59.7 Å². The number of rotatable bonds is 3. The molecule has 7 heteroatoms. The molecule has 2 aromatic heterocycles. The molecule has 7 nitrogen and oxygen atoms in total. The molecule has 3 heterocycles. The molecule has 5 rings (SSSR count). The van der Waals surface area contributed by atoms with E-state index in [0.29, 0.717) is 25.1 Å². The van der Waals surface area contributed by atoms with Crippen LogP contribution in [-0.2, 0) is 6.42 Å². The third kappa shape index (κ3) is 3.48. The summed E-state index contributed by atoms with van der Waals surface area (Å²) in [6.45, 7) is 5.46. The van der Waals surface area contributed by atoms with Crippen LogP contribution in [0.25, 0.3) is 11.4 Å². The van der Waals surface area contributed by atoms with E-state index in [1.165, 1.54) is 0 Å². The lowest BCUT2D eigenvalue weighted by molar-refractivity contribution is 0.0517. The molecule has 2 aliphatic rings. The van der Waals surface area contributed by atoms with Crippen molar-refractivity contribution in [3.63, 3.8) is 0 Å². The summed E-state index contributed by atoms with van der Waals surface area (Å²) in [6, 6.07) is 7.75. The van der Waals surface area contributed by atoms with Crippen molar-refractivity contribution in [1.82, 2.24) is 24.6 Å². The number of nitrogens with one attached hydrogen (secondary N) is 1. The number of carbonyl (C=O) groups is 2. The number of Topliss-reactive ketones (excluding diaryl/α,β-unsaturated/α-hetero) is 1. The maximum atomic E-state index is 13.0. The second kappa shape index (κ2) is 7.48. The number of fused-ring (bicyclic) bond motifs is 1. The van der Waals surface area contributed by atoms with Crippen LogP contribution < -0.4 is 0 Å². The van der Waals surface area contributed by atoms with Crippen molar-refractivity contribution in [2.24, 2.45) is 5.41 Å². The van der Waals surface area contributed by atoms with Crippen LogP contribution in [0, 0.1) is 5.41 Å². The average Bonchev–Trinajstić information content (AvgIpc) is 3.44. The highest BCUT2D eigenvalue weighted by molar-refractivity contribution is 5.98. The summed E-state index contributed by atoms with van der Waals surface area (Å²) < 4.78 is 1.86. The van der Waals surface area contributed by atoms with Crippen LogP contribution in [0.5, 0.6) is 0 Å². The smallest absolute Gasteiger partial charge is 0.253 e. The van der Waals surface area contributed by atoms with Crippen LogP contribution in [0.3, 0.4) is 0 Å². The number of ketones is 1. The average molecular weight is 418 g/mol. The van der Waals surface area contributed by atoms with Crippen molar-refractivity contribution in [1.29, 1.82) is 0 Å². The highest BCUT2D eigenvalue weighted by Gasteiger charge is 2.43. The number of benzene rings is 1. The van der Waals surface area contributed by atoms with Gasteiger partial charge in [0.25, 0.3) is 5.91 Å². The summed E-state index contributed by atoms with van der Waals surface area (Å²) in [4.78, 5) is 35.2. The number of likely N-dealkylation sites (tertiary alicyclic amines) is 1. The highest BCUT2D eigenvalue weighted by Crippen LogP contribution is 2.44. The Hall–Kier alpha value is -3.22. The number of imidazole rings is 1. The molecule has 0 saturated carbocycles. The second-order valence-electron chi connectivity index (χ2n) is 9.14. The normalized spacial score (nSPS) is 17.9. The largest absolute Gasteiger partial charge is 0.345 e. The Labute approximate surface area is 181 Å². The minimum absolute atomic E-state index is 0.0468. The van der Waals surface area contributed by atoms with Crippen LogP contribution in [0.4, 0.5) is 0 Å². The molecule has 1 fully saturated rings. The SMILES string of the molecule is CC(C)n1ncc2c1C(=O)CC1(CCN(C(=O)c3ccc(-c4ncc[nH]4)cc3)CC1)C2. The molecule has 1 aliphatic heterocycles. The lowest BCUT2D eigenvalue weighted by Gasteiger charge is -2.43.